The molecule has 106 valence electrons. The van der Waals surface area contributed by atoms with Crippen molar-refractivity contribution in [2.75, 3.05) is 0 Å². The molecule has 0 aliphatic carbocycles. The Morgan fingerprint density at radius 1 is 1.15 bits per heavy atom. The van der Waals surface area contributed by atoms with E-state index in [9.17, 15) is 9.59 Å². The summed E-state index contributed by atoms with van der Waals surface area (Å²) in [7, 11) is 0. The van der Waals surface area contributed by atoms with Gasteiger partial charge >= 0.3 is 6.09 Å². The zero-order valence-electron chi connectivity index (χ0n) is 11.5. The van der Waals surface area contributed by atoms with E-state index < -0.39 is 0 Å². The molecule has 20 heavy (non-hydrogen) atoms. The van der Waals surface area contributed by atoms with Crippen LogP contribution in [0.4, 0.5) is 4.79 Å². The highest BCUT2D eigenvalue weighted by Gasteiger charge is 2.41. The molecule has 4 heteroatoms. The van der Waals surface area contributed by atoms with E-state index >= 15 is 0 Å². The quantitative estimate of drug-likeness (QED) is 0.832. The third kappa shape index (κ3) is 2.69. The van der Waals surface area contributed by atoms with Crippen molar-refractivity contribution in [2.45, 2.75) is 50.8 Å². The predicted molar refractivity (Wildman–Crippen MR) is 74.1 cm³/mol. The molecule has 1 aromatic carbocycles. The van der Waals surface area contributed by atoms with Crippen molar-refractivity contribution < 1.29 is 14.3 Å². The minimum atomic E-state index is -0.268. The van der Waals surface area contributed by atoms with Gasteiger partial charge in [-0.2, -0.15) is 0 Å². The average molecular weight is 273 g/mol. The first-order valence-corrected chi connectivity index (χ1v) is 7.25. The molecule has 1 aromatic rings. The SMILES string of the molecule is O=C1C[C@H]2CCC[C@@H](C1)N2C(=O)OCc1ccccc1. The summed E-state index contributed by atoms with van der Waals surface area (Å²) in [6, 6.07) is 9.78. The second-order valence-corrected chi connectivity index (χ2v) is 5.63. The van der Waals surface area contributed by atoms with Crippen molar-refractivity contribution in [1.29, 1.82) is 0 Å². The number of benzene rings is 1. The molecule has 0 aromatic heterocycles. The first kappa shape index (κ1) is 13.2. The molecule has 2 saturated heterocycles. The minimum absolute atomic E-state index is 0.0540. The molecule has 0 N–H and O–H groups in total. The van der Waals surface area contributed by atoms with E-state index in [1.807, 2.05) is 35.2 Å². The van der Waals surface area contributed by atoms with E-state index in [1.54, 1.807) is 0 Å². The third-order valence-electron chi connectivity index (χ3n) is 4.20. The Hall–Kier alpha value is -1.84. The Balaban J connectivity index is 1.63. The number of hydrogen-bond donors (Lipinski definition) is 0. The van der Waals surface area contributed by atoms with Gasteiger partial charge in [0.05, 0.1) is 0 Å². The van der Waals surface area contributed by atoms with Gasteiger partial charge in [-0.25, -0.2) is 4.79 Å². The normalized spacial score (nSPS) is 25.4. The van der Waals surface area contributed by atoms with Crippen LogP contribution in [0.25, 0.3) is 0 Å². The van der Waals surface area contributed by atoms with Crippen LogP contribution >= 0.6 is 0 Å². The maximum Gasteiger partial charge on any atom is 0.410 e. The monoisotopic (exact) mass is 273 g/mol. The molecule has 2 aliphatic heterocycles. The highest BCUT2D eigenvalue weighted by atomic mass is 16.6. The molecular formula is C16H19NO3. The fraction of sp³-hybridized carbons (Fsp3) is 0.500. The highest BCUT2D eigenvalue weighted by molar-refractivity contribution is 5.83. The van der Waals surface area contributed by atoms with Crippen LogP contribution in [0.15, 0.2) is 30.3 Å². The maximum absolute atomic E-state index is 12.3. The third-order valence-corrected chi connectivity index (χ3v) is 4.20. The molecule has 2 aliphatic rings. The van der Waals surface area contributed by atoms with Gasteiger partial charge in [0.1, 0.15) is 12.4 Å². The number of fused-ring (bicyclic) bond motifs is 2. The van der Waals surface area contributed by atoms with Gasteiger partial charge in [0.15, 0.2) is 0 Å². The number of ketones is 1. The lowest BCUT2D eigenvalue weighted by Gasteiger charge is -2.44. The van der Waals surface area contributed by atoms with E-state index in [-0.39, 0.29) is 24.0 Å². The summed E-state index contributed by atoms with van der Waals surface area (Å²) in [6.45, 7) is 0.295. The number of amides is 1. The highest BCUT2D eigenvalue weighted by Crippen LogP contribution is 2.32. The van der Waals surface area contributed by atoms with E-state index in [1.165, 1.54) is 0 Å². The smallest absolute Gasteiger partial charge is 0.410 e. The van der Waals surface area contributed by atoms with Crippen LogP contribution in [-0.4, -0.2) is 28.9 Å². The van der Waals surface area contributed by atoms with Gasteiger partial charge in [-0.1, -0.05) is 30.3 Å². The number of ether oxygens (including phenoxy) is 1. The summed E-state index contributed by atoms with van der Waals surface area (Å²) in [4.78, 5) is 25.7. The molecule has 2 atom stereocenters. The van der Waals surface area contributed by atoms with Crippen LogP contribution < -0.4 is 0 Å². The molecule has 0 radical (unpaired) electrons. The fourth-order valence-corrected chi connectivity index (χ4v) is 3.27. The van der Waals surface area contributed by atoms with Crippen molar-refractivity contribution >= 4 is 11.9 Å². The van der Waals surface area contributed by atoms with Crippen molar-refractivity contribution in [1.82, 2.24) is 4.90 Å². The van der Waals surface area contributed by atoms with Crippen LogP contribution in [-0.2, 0) is 16.1 Å². The summed E-state index contributed by atoms with van der Waals surface area (Å²) < 4.78 is 5.41. The lowest BCUT2D eigenvalue weighted by molar-refractivity contribution is -0.126. The lowest BCUT2D eigenvalue weighted by atomic mass is 9.84. The molecule has 4 nitrogen and oxygen atoms in total. The molecular weight excluding hydrogens is 254 g/mol. The molecule has 0 spiro atoms. The summed E-state index contributed by atoms with van der Waals surface area (Å²) in [5.41, 5.74) is 0.985. The standard InChI is InChI=1S/C16H19NO3/c18-15-9-13-7-4-8-14(10-15)17(13)16(19)20-11-12-5-2-1-3-6-12/h1-3,5-6,13-14H,4,7-11H2/t13-,14+. The molecule has 0 unspecified atom stereocenters. The number of hydrogen-bond acceptors (Lipinski definition) is 3. The second kappa shape index (κ2) is 5.65. The Bertz CT molecular complexity index is 484. The number of rotatable bonds is 2. The molecule has 3 rings (SSSR count). The topological polar surface area (TPSA) is 46.6 Å². The van der Waals surface area contributed by atoms with Gasteiger partial charge in [0.2, 0.25) is 0 Å². The van der Waals surface area contributed by atoms with Gasteiger partial charge < -0.3 is 9.64 Å². The Morgan fingerprint density at radius 2 is 1.80 bits per heavy atom. The van der Waals surface area contributed by atoms with Crippen LogP contribution in [0.2, 0.25) is 0 Å². The van der Waals surface area contributed by atoms with Crippen LogP contribution in [0.5, 0.6) is 0 Å². The molecule has 2 fully saturated rings. The second-order valence-electron chi connectivity index (χ2n) is 5.63. The summed E-state index contributed by atoms with van der Waals surface area (Å²) in [5, 5.41) is 0. The molecule has 1 amide bonds. The molecule has 0 saturated carbocycles. The summed E-state index contributed by atoms with van der Waals surface area (Å²) in [5.74, 6) is 0.284. The van der Waals surface area contributed by atoms with Crippen LogP contribution in [0, 0.1) is 0 Å². The first-order valence-electron chi connectivity index (χ1n) is 7.25. The maximum atomic E-state index is 12.3. The van der Waals surface area contributed by atoms with E-state index in [2.05, 4.69) is 0 Å². The first-order chi connectivity index (χ1) is 9.74. The Kier molecular flexibility index (Phi) is 3.72. The van der Waals surface area contributed by atoms with Crippen molar-refractivity contribution in [3.63, 3.8) is 0 Å². The number of carbonyl (C=O) groups excluding carboxylic acids is 2. The lowest BCUT2D eigenvalue weighted by Crippen LogP contribution is -2.55. The summed E-state index contributed by atoms with van der Waals surface area (Å²) in [6.07, 6.45) is 3.67. The fourth-order valence-electron chi connectivity index (χ4n) is 3.27. The number of piperidine rings is 2. The van der Waals surface area contributed by atoms with E-state index in [0.29, 0.717) is 19.4 Å². The van der Waals surface area contributed by atoms with Gasteiger partial charge in [0, 0.05) is 24.9 Å². The number of carbonyl (C=O) groups is 2. The number of nitrogens with zero attached hydrogens (tertiary/aromatic N) is 1. The largest absolute Gasteiger partial charge is 0.445 e. The van der Waals surface area contributed by atoms with Gasteiger partial charge in [0.25, 0.3) is 0 Å². The zero-order chi connectivity index (χ0) is 13.9. The average Bonchev–Trinajstić information content (AvgIpc) is 2.45. The van der Waals surface area contributed by atoms with E-state index in [4.69, 9.17) is 4.74 Å². The minimum Gasteiger partial charge on any atom is -0.445 e. The summed E-state index contributed by atoms with van der Waals surface area (Å²) >= 11 is 0. The van der Waals surface area contributed by atoms with Crippen molar-refractivity contribution in [3.8, 4) is 0 Å². The molecule has 2 heterocycles. The predicted octanol–water partition coefficient (Wildman–Crippen LogP) is 2.91. The van der Waals surface area contributed by atoms with E-state index in [0.717, 1.165) is 24.8 Å². The Morgan fingerprint density at radius 3 is 2.45 bits per heavy atom. The van der Waals surface area contributed by atoms with Gasteiger partial charge in [-0.3, -0.25) is 4.79 Å². The van der Waals surface area contributed by atoms with Crippen molar-refractivity contribution in [3.05, 3.63) is 35.9 Å². The Labute approximate surface area is 118 Å². The van der Waals surface area contributed by atoms with Crippen LogP contribution in [0.1, 0.15) is 37.7 Å². The van der Waals surface area contributed by atoms with Gasteiger partial charge in [-0.15, -0.1) is 0 Å². The number of Topliss-reactive ketones (excluding diaryl/α,β-unsaturated/α-hetero) is 1. The molecule has 2 bridgehead atoms. The van der Waals surface area contributed by atoms with Crippen LogP contribution in [0.3, 0.4) is 0 Å². The zero-order valence-corrected chi connectivity index (χ0v) is 11.5. The van der Waals surface area contributed by atoms with Crippen molar-refractivity contribution in [2.24, 2.45) is 0 Å². The van der Waals surface area contributed by atoms with Gasteiger partial charge in [-0.05, 0) is 24.8 Å².